The maximum Gasteiger partial charge on any atom is 0.405 e. The molecule has 1 heterocycles. The quantitative estimate of drug-likeness (QED) is 0.245. The van der Waals surface area contributed by atoms with Crippen molar-refractivity contribution in [2.45, 2.75) is 77.4 Å². The van der Waals surface area contributed by atoms with E-state index >= 15 is 0 Å². The van der Waals surface area contributed by atoms with Gasteiger partial charge in [0.2, 0.25) is 8.32 Å². The number of carbonyl (C=O) groups excluding carboxylic acids is 1. The van der Waals surface area contributed by atoms with Crippen LogP contribution in [0.2, 0.25) is 21.6 Å². The summed E-state index contributed by atoms with van der Waals surface area (Å²) in [5.74, 6) is 0.359. The second kappa shape index (κ2) is 12.3. The average molecular weight is 597 g/mol. The van der Waals surface area contributed by atoms with Crippen molar-refractivity contribution in [3.63, 3.8) is 0 Å². The SMILES string of the molecule is CC(O[Si](C(C)C)(C(C)C)C(C)C)c1nc2cccc(Cl)c2c(=O)n1-c1cccc(NC(=O)NCC(F)(F)F)c1. The van der Waals surface area contributed by atoms with Gasteiger partial charge in [0.05, 0.1) is 21.6 Å². The van der Waals surface area contributed by atoms with Crippen LogP contribution < -0.4 is 16.2 Å². The van der Waals surface area contributed by atoms with E-state index in [0.29, 0.717) is 17.0 Å². The summed E-state index contributed by atoms with van der Waals surface area (Å²) in [4.78, 5) is 30.9. The Kier molecular flexibility index (Phi) is 9.74. The number of amides is 2. The zero-order valence-electron chi connectivity index (χ0n) is 23.7. The Bertz CT molecular complexity index is 1400. The fraction of sp³-hybridized carbons (Fsp3) is 0.464. The number of nitrogens with one attached hydrogen (secondary N) is 2. The lowest BCUT2D eigenvalue weighted by Crippen LogP contribution is -2.48. The largest absolute Gasteiger partial charge is 0.406 e. The van der Waals surface area contributed by atoms with Crippen LogP contribution in [0.4, 0.5) is 23.7 Å². The van der Waals surface area contributed by atoms with Crippen LogP contribution in [-0.2, 0) is 4.43 Å². The van der Waals surface area contributed by atoms with Gasteiger partial charge in [0.25, 0.3) is 5.56 Å². The molecular weight excluding hydrogens is 561 g/mol. The van der Waals surface area contributed by atoms with E-state index in [4.69, 9.17) is 21.0 Å². The van der Waals surface area contributed by atoms with E-state index in [1.807, 2.05) is 6.92 Å². The molecule has 218 valence electrons. The number of hydrogen-bond donors (Lipinski definition) is 2. The smallest absolute Gasteiger partial charge is 0.405 e. The zero-order chi connectivity index (χ0) is 30.0. The van der Waals surface area contributed by atoms with Gasteiger partial charge in [0.15, 0.2) is 0 Å². The van der Waals surface area contributed by atoms with Gasteiger partial charge < -0.3 is 15.1 Å². The lowest BCUT2D eigenvalue weighted by atomic mass is 10.2. The summed E-state index contributed by atoms with van der Waals surface area (Å²) in [6, 6.07) is 10.3. The molecule has 0 aliphatic carbocycles. The number of urea groups is 1. The Hall–Kier alpha value is -2.89. The molecule has 7 nitrogen and oxygen atoms in total. The van der Waals surface area contributed by atoms with Crippen LogP contribution >= 0.6 is 11.6 Å². The third-order valence-electron chi connectivity index (χ3n) is 7.14. The maximum atomic E-state index is 14.0. The van der Waals surface area contributed by atoms with Gasteiger partial charge in [0, 0.05) is 5.69 Å². The molecule has 0 spiro atoms. The Morgan fingerprint density at radius 1 is 1.02 bits per heavy atom. The first-order chi connectivity index (χ1) is 18.6. The molecule has 3 rings (SSSR count). The molecular formula is C28H36ClF3N4O3Si. The van der Waals surface area contributed by atoms with Gasteiger partial charge in [-0.1, -0.05) is 65.3 Å². The fourth-order valence-corrected chi connectivity index (χ4v) is 11.4. The highest BCUT2D eigenvalue weighted by molar-refractivity contribution is 6.77. The molecule has 0 saturated carbocycles. The number of nitrogens with zero attached hydrogens (tertiary/aromatic N) is 2. The van der Waals surface area contributed by atoms with E-state index in [-0.39, 0.29) is 32.7 Å². The molecule has 40 heavy (non-hydrogen) atoms. The molecule has 2 amide bonds. The normalized spacial score (nSPS) is 13.3. The highest BCUT2D eigenvalue weighted by Crippen LogP contribution is 2.45. The number of carbonyl (C=O) groups is 1. The van der Waals surface area contributed by atoms with E-state index in [9.17, 15) is 22.8 Å². The average Bonchev–Trinajstić information content (AvgIpc) is 2.84. The Labute approximate surface area is 238 Å². The molecule has 0 radical (unpaired) electrons. The summed E-state index contributed by atoms with van der Waals surface area (Å²) in [6.07, 6.45) is -5.13. The molecule has 12 heteroatoms. The molecule has 2 N–H and O–H groups in total. The summed E-state index contributed by atoms with van der Waals surface area (Å²) < 4.78 is 45.9. The van der Waals surface area contributed by atoms with Gasteiger partial charge in [-0.05, 0) is 53.9 Å². The molecule has 2 aromatic carbocycles. The molecule has 1 atom stereocenters. The third-order valence-corrected chi connectivity index (χ3v) is 13.6. The van der Waals surface area contributed by atoms with Crippen LogP contribution in [0, 0.1) is 0 Å². The number of alkyl halides is 3. The van der Waals surface area contributed by atoms with E-state index in [1.165, 1.54) is 16.7 Å². The molecule has 0 aliphatic rings. The van der Waals surface area contributed by atoms with Crippen molar-refractivity contribution in [1.82, 2.24) is 14.9 Å². The van der Waals surface area contributed by atoms with Crippen molar-refractivity contribution in [3.8, 4) is 5.69 Å². The van der Waals surface area contributed by atoms with E-state index < -0.39 is 38.7 Å². The van der Waals surface area contributed by atoms with Gasteiger partial charge in [0.1, 0.15) is 18.5 Å². The minimum atomic E-state index is -4.55. The topological polar surface area (TPSA) is 85.2 Å². The van der Waals surface area contributed by atoms with Crippen molar-refractivity contribution in [2.24, 2.45) is 0 Å². The summed E-state index contributed by atoms with van der Waals surface area (Å²) in [5.41, 5.74) is 1.40. The first kappa shape index (κ1) is 31.6. The Balaban J connectivity index is 2.16. The molecule has 0 aliphatic heterocycles. The summed E-state index contributed by atoms with van der Waals surface area (Å²) in [6.45, 7) is 13.4. The van der Waals surface area contributed by atoms with Gasteiger partial charge >= 0.3 is 12.2 Å². The number of hydrogen-bond acceptors (Lipinski definition) is 4. The van der Waals surface area contributed by atoms with Crippen molar-refractivity contribution in [2.75, 3.05) is 11.9 Å². The highest BCUT2D eigenvalue weighted by atomic mass is 35.5. The van der Waals surface area contributed by atoms with E-state index in [0.717, 1.165) is 0 Å². The first-order valence-corrected chi connectivity index (χ1v) is 15.7. The molecule has 3 aromatic rings. The predicted octanol–water partition coefficient (Wildman–Crippen LogP) is 7.98. The lowest BCUT2D eigenvalue weighted by molar-refractivity contribution is -0.122. The monoisotopic (exact) mass is 596 g/mol. The zero-order valence-corrected chi connectivity index (χ0v) is 25.4. The molecule has 0 saturated heterocycles. The van der Waals surface area contributed by atoms with Crippen LogP contribution in [0.5, 0.6) is 0 Å². The van der Waals surface area contributed by atoms with Crippen LogP contribution in [-0.4, -0.2) is 36.6 Å². The number of fused-ring (bicyclic) bond motifs is 1. The number of rotatable bonds is 9. The van der Waals surface area contributed by atoms with Gasteiger partial charge in [-0.2, -0.15) is 13.2 Å². The summed E-state index contributed by atoms with van der Waals surface area (Å²) in [5, 5.41) is 4.62. The van der Waals surface area contributed by atoms with Crippen LogP contribution in [0.1, 0.15) is 60.4 Å². The van der Waals surface area contributed by atoms with E-state index in [1.54, 1.807) is 35.6 Å². The molecule has 0 fully saturated rings. The predicted molar refractivity (Wildman–Crippen MR) is 156 cm³/mol. The fourth-order valence-electron chi connectivity index (χ4n) is 5.57. The Morgan fingerprint density at radius 3 is 2.20 bits per heavy atom. The van der Waals surface area contributed by atoms with Crippen LogP contribution in [0.3, 0.4) is 0 Å². The second-order valence-electron chi connectivity index (χ2n) is 10.8. The number of aromatic nitrogens is 2. The summed E-state index contributed by atoms with van der Waals surface area (Å²) in [7, 11) is -2.39. The van der Waals surface area contributed by atoms with Crippen molar-refractivity contribution < 1.29 is 22.4 Å². The molecule has 0 bridgehead atoms. The van der Waals surface area contributed by atoms with Crippen molar-refractivity contribution in [1.29, 1.82) is 0 Å². The first-order valence-electron chi connectivity index (χ1n) is 13.2. The maximum absolute atomic E-state index is 14.0. The Morgan fingerprint density at radius 2 is 1.62 bits per heavy atom. The number of anilines is 1. The second-order valence-corrected chi connectivity index (χ2v) is 16.6. The minimum absolute atomic E-state index is 0.193. The van der Waals surface area contributed by atoms with Crippen molar-refractivity contribution in [3.05, 3.63) is 63.7 Å². The lowest BCUT2D eigenvalue weighted by Gasteiger charge is -2.44. The van der Waals surface area contributed by atoms with Gasteiger partial charge in [-0.15, -0.1) is 0 Å². The van der Waals surface area contributed by atoms with Crippen molar-refractivity contribution >= 4 is 42.5 Å². The van der Waals surface area contributed by atoms with E-state index in [2.05, 4.69) is 46.9 Å². The number of benzene rings is 2. The molecule has 1 aromatic heterocycles. The van der Waals surface area contributed by atoms with Crippen LogP contribution in [0.15, 0.2) is 47.3 Å². The highest BCUT2D eigenvalue weighted by Gasteiger charge is 2.46. The van der Waals surface area contributed by atoms with Gasteiger partial charge in [-0.3, -0.25) is 9.36 Å². The summed E-state index contributed by atoms with van der Waals surface area (Å²) >= 11 is 6.42. The van der Waals surface area contributed by atoms with Crippen LogP contribution in [0.25, 0.3) is 16.6 Å². The minimum Gasteiger partial charge on any atom is -0.406 e. The third kappa shape index (κ3) is 6.69. The standard InChI is InChI=1S/C28H36ClF3N4O3Si/c1-16(2)40(17(3)4,18(5)6)39-19(7)25-35-23-13-9-12-22(29)24(23)26(37)36(25)21-11-8-10-20(14-21)34-27(38)33-15-28(30,31)32/h8-14,16-19H,15H2,1-7H3,(H2,33,34,38). The van der Waals surface area contributed by atoms with Gasteiger partial charge in [-0.25, -0.2) is 9.78 Å². The number of halogens is 4. The molecule has 1 unspecified atom stereocenters.